The summed E-state index contributed by atoms with van der Waals surface area (Å²) in [5, 5.41) is 12.3. The maximum absolute atomic E-state index is 10.8. The quantitative estimate of drug-likeness (QED) is 0.745. The van der Waals surface area contributed by atoms with Crippen LogP contribution in [-0.2, 0) is 4.74 Å². The van der Waals surface area contributed by atoms with Gasteiger partial charge in [-0.2, -0.15) is 0 Å². The first-order valence-electron chi connectivity index (χ1n) is 6.94. The molecule has 2 N–H and O–H groups in total. The molecule has 0 aromatic heterocycles. The van der Waals surface area contributed by atoms with Crippen LogP contribution in [0.3, 0.4) is 0 Å². The maximum atomic E-state index is 10.8. The fourth-order valence-electron chi connectivity index (χ4n) is 2.29. The summed E-state index contributed by atoms with van der Waals surface area (Å²) in [5.74, 6) is 0.220. The predicted molar refractivity (Wildman–Crippen MR) is 75.3 cm³/mol. The molecule has 0 aliphatic carbocycles. The molecule has 1 saturated heterocycles. The van der Waals surface area contributed by atoms with Gasteiger partial charge in [0.2, 0.25) is 0 Å². The number of hydrogen-bond acceptors (Lipinski definition) is 4. The van der Waals surface area contributed by atoms with Crippen LogP contribution in [0.1, 0.15) is 23.7 Å². The van der Waals surface area contributed by atoms with E-state index in [0.717, 1.165) is 26.2 Å². The number of carboxylic acids is 1. The molecule has 20 heavy (non-hydrogen) atoms. The molecule has 1 aliphatic rings. The zero-order chi connectivity index (χ0) is 14.4. The number of aromatic carboxylic acids is 1. The maximum Gasteiger partial charge on any atom is 0.335 e. The Balaban J connectivity index is 1.70. The summed E-state index contributed by atoms with van der Waals surface area (Å²) in [6.45, 7) is 5.09. The van der Waals surface area contributed by atoms with Crippen molar-refractivity contribution in [2.45, 2.75) is 19.4 Å². The highest BCUT2D eigenvalue weighted by Crippen LogP contribution is 2.16. The fourth-order valence-corrected chi connectivity index (χ4v) is 2.29. The van der Waals surface area contributed by atoms with E-state index in [1.54, 1.807) is 18.2 Å². The first-order chi connectivity index (χ1) is 9.66. The van der Waals surface area contributed by atoms with Crippen molar-refractivity contribution in [3.8, 4) is 5.75 Å². The summed E-state index contributed by atoms with van der Waals surface area (Å²) >= 11 is 0. The monoisotopic (exact) mass is 279 g/mol. The summed E-state index contributed by atoms with van der Waals surface area (Å²) in [6, 6.07) is 6.95. The highest BCUT2D eigenvalue weighted by molar-refractivity contribution is 5.87. The SMILES string of the molecule is CC(NCCOc1cccc(C(=O)O)c1)C1CCOC1. The zero-order valence-electron chi connectivity index (χ0n) is 11.7. The summed E-state index contributed by atoms with van der Waals surface area (Å²) in [5.41, 5.74) is 0.243. The van der Waals surface area contributed by atoms with Crippen molar-refractivity contribution in [3.63, 3.8) is 0 Å². The number of carboxylic acid groups (broad SMARTS) is 1. The van der Waals surface area contributed by atoms with Gasteiger partial charge < -0.3 is 19.9 Å². The van der Waals surface area contributed by atoms with Crippen molar-refractivity contribution < 1.29 is 19.4 Å². The van der Waals surface area contributed by atoms with Gasteiger partial charge in [-0.05, 0) is 37.5 Å². The van der Waals surface area contributed by atoms with E-state index in [4.69, 9.17) is 14.6 Å². The summed E-state index contributed by atoms with van der Waals surface area (Å²) in [4.78, 5) is 10.8. The molecule has 0 saturated carbocycles. The van der Waals surface area contributed by atoms with E-state index in [1.807, 2.05) is 0 Å². The van der Waals surface area contributed by atoms with Crippen molar-refractivity contribution in [2.75, 3.05) is 26.4 Å². The van der Waals surface area contributed by atoms with Crippen molar-refractivity contribution in [3.05, 3.63) is 29.8 Å². The van der Waals surface area contributed by atoms with Gasteiger partial charge >= 0.3 is 5.97 Å². The van der Waals surface area contributed by atoms with Crippen LogP contribution in [0, 0.1) is 5.92 Å². The predicted octanol–water partition coefficient (Wildman–Crippen LogP) is 1.78. The molecule has 2 rings (SSSR count). The van der Waals surface area contributed by atoms with Gasteiger partial charge in [-0.15, -0.1) is 0 Å². The average molecular weight is 279 g/mol. The van der Waals surface area contributed by atoms with Gasteiger partial charge in [0.15, 0.2) is 0 Å². The Morgan fingerprint density at radius 2 is 2.45 bits per heavy atom. The first-order valence-corrected chi connectivity index (χ1v) is 6.94. The van der Waals surface area contributed by atoms with Crippen LogP contribution in [0.15, 0.2) is 24.3 Å². The van der Waals surface area contributed by atoms with Crippen LogP contribution in [0.4, 0.5) is 0 Å². The molecule has 1 heterocycles. The number of hydrogen-bond donors (Lipinski definition) is 2. The van der Waals surface area contributed by atoms with Gasteiger partial charge in [-0.1, -0.05) is 6.07 Å². The van der Waals surface area contributed by atoms with Crippen LogP contribution >= 0.6 is 0 Å². The summed E-state index contributed by atoms with van der Waals surface area (Å²) in [6.07, 6.45) is 1.11. The Bertz CT molecular complexity index is 443. The third-order valence-electron chi connectivity index (χ3n) is 3.59. The topological polar surface area (TPSA) is 67.8 Å². The second-order valence-corrected chi connectivity index (χ2v) is 5.05. The van der Waals surface area contributed by atoms with Crippen molar-refractivity contribution in [1.29, 1.82) is 0 Å². The molecular weight excluding hydrogens is 258 g/mol. The number of benzene rings is 1. The lowest BCUT2D eigenvalue weighted by molar-refractivity contribution is 0.0696. The molecule has 2 unspecified atom stereocenters. The van der Waals surface area contributed by atoms with Gasteiger partial charge in [0.1, 0.15) is 12.4 Å². The first kappa shape index (κ1) is 14.8. The van der Waals surface area contributed by atoms with E-state index in [0.29, 0.717) is 24.3 Å². The smallest absolute Gasteiger partial charge is 0.335 e. The third kappa shape index (κ3) is 4.21. The lowest BCUT2D eigenvalue weighted by atomic mass is 10.0. The Morgan fingerprint density at radius 3 is 3.15 bits per heavy atom. The Kier molecular flexibility index (Phi) is 5.38. The van der Waals surface area contributed by atoms with Crippen LogP contribution in [0.25, 0.3) is 0 Å². The van der Waals surface area contributed by atoms with E-state index in [1.165, 1.54) is 6.07 Å². The number of rotatable bonds is 7. The molecule has 1 aliphatic heterocycles. The second-order valence-electron chi connectivity index (χ2n) is 5.05. The molecule has 5 heteroatoms. The highest BCUT2D eigenvalue weighted by atomic mass is 16.5. The lowest BCUT2D eigenvalue weighted by Crippen LogP contribution is -2.36. The standard InChI is InChI=1S/C15H21NO4/c1-11(13-5-7-19-10-13)16-6-8-20-14-4-2-3-12(9-14)15(17)18/h2-4,9,11,13,16H,5-8,10H2,1H3,(H,17,18). The van der Waals surface area contributed by atoms with E-state index < -0.39 is 5.97 Å². The lowest BCUT2D eigenvalue weighted by Gasteiger charge is -2.19. The van der Waals surface area contributed by atoms with E-state index in [2.05, 4.69) is 12.2 Å². The largest absolute Gasteiger partial charge is 0.492 e. The van der Waals surface area contributed by atoms with Crippen LogP contribution < -0.4 is 10.1 Å². The molecule has 110 valence electrons. The van der Waals surface area contributed by atoms with Gasteiger partial charge in [0, 0.05) is 19.2 Å². The normalized spacial score (nSPS) is 19.8. The summed E-state index contributed by atoms with van der Waals surface area (Å²) in [7, 11) is 0. The minimum absolute atomic E-state index is 0.243. The molecule has 1 aromatic rings. The molecule has 2 atom stereocenters. The summed E-state index contributed by atoms with van der Waals surface area (Å²) < 4.78 is 10.9. The molecular formula is C15H21NO4. The third-order valence-corrected chi connectivity index (χ3v) is 3.59. The molecule has 0 radical (unpaired) electrons. The highest BCUT2D eigenvalue weighted by Gasteiger charge is 2.21. The molecule has 1 aromatic carbocycles. The van der Waals surface area contributed by atoms with Gasteiger partial charge in [-0.25, -0.2) is 4.79 Å². The van der Waals surface area contributed by atoms with Crippen molar-refractivity contribution in [1.82, 2.24) is 5.32 Å². The van der Waals surface area contributed by atoms with E-state index >= 15 is 0 Å². The number of carbonyl (C=O) groups is 1. The molecule has 5 nitrogen and oxygen atoms in total. The average Bonchev–Trinajstić information content (AvgIpc) is 2.98. The zero-order valence-corrected chi connectivity index (χ0v) is 11.7. The molecule has 0 amide bonds. The Morgan fingerprint density at radius 1 is 1.60 bits per heavy atom. The Labute approximate surface area is 118 Å². The molecule has 0 spiro atoms. The van der Waals surface area contributed by atoms with Crippen LogP contribution in [0.2, 0.25) is 0 Å². The van der Waals surface area contributed by atoms with Crippen LogP contribution in [0.5, 0.6) is 5.75 Å². The van der Waals surface area contributed by atoms with Crippen LogP contribution in [-0.4, -0.2) is 43.5 Å². The van der Waals surface area contributed by atoms with Crippen molar-refractivity contribution in [2.24, 2.45) is 5.92 Å². The minimum Gasteiger partial charge on any atom is -0.492 e. The number of nitrogens with one attached hydrogen (secondary N) is 1. The second kappa shape index (κ2) is 7.26. The fraction of sp³-hybridized carbons (Fsp3) is 0.533. The Hall–Kier alpha value is -1.59. The van der Waals surface area contributed by atoms with E-state index in [9.17, 15) is 4.79 Å². The molecule has 1 fully saturated rings. The van der Waals surface area contributed by atoms with Gasteiger partial charge in [0.25, 0.3) is 0 Å². The molecule has 0 bridgehead atoms. The van der Waals surface area contributed by atoms with Crippen molar-refractivity contribution >= 4 is 5.97 Å². The van der Waals surface area contributed by atoms with Gasteiger partial charge in [0.05, 0.1) is 12.2 Å². The van der Waals surface area contributed by atoms with Gasteiger partial charge in [-0.3, -0.25) is 0 Å². The number of ether oxygens (including phenoxy) is 2. The minimum atomic E-state index is -0.941. The van der Waals surface area contributed by atoms with E-state index in [-0.39, 0.29) is 5.56 Å².